The highest BCUT2D eigenvalue weighted by atomic mass is 16.5. The summed E-state index contributed by atoms with van der Waals surface area (Å²) in [6.45, 7) is 5.10. The van der Waals surface area contributed by atoms with Gasteiger partial charge < -0.3 is 10.1 Å². The van der Waals surface area contributed by atoms with E-state index in [2.05, 4.69) is 39.6 Å². The number of hydrogen-bond donors (Lipinski definition) is 1. The minimum Gasteiger partial charge on any atom is -0.379 e. The van der Waals surface area contributed by atoms with Crippen LogP contribution in [0.1, 0.15) is 16.7 Å². The first-order valence-electron chi connectivity index (χ1n) is 10.00. The number of amides is 1. The Morgan fingerprint density at radius 2 is 1.66 bits per heavy atom. The fourth-order valence-corrected chi connectivity index (χ4v) is 3.42. The molecule has 29 heavy (non-hydrogen) atoms. The molecule has 0 atom stereocenters. The SMILES string of the molecule is O=C(Cc1ccc(-n2cccn2)cc1)NCc1ccc(CN2CCOCC2)cc1. The van der Waals surface area contributed by atoms with E-state index in [4.69, 9.17) is 4.74 Å². The quantitative estimate of drug-likeness (QED) is 0.674. The number of hydrogen-bond acceptors (Lipinski definition) is 4. The highest BCUT2D eigenvalue weighted by Gasteiger charge is 2.10. The number of carbonyl (C=O) groups is 1. The first-order valence-corrected chi connectivity index (χ1v) is 10.00. The summed E-state index contributed by atoms with van der Waals surface area (Å²) in [6, 6.07) is 18.2. The second-order valence-electron chi connectivity index (χ2n) is 7.28. The molecule has 1 aromatic heterocycles. The van der Waals surface area contributed by atoms with Crippen molar-refractivity contribution in [1.29, 1.82) is 0 Å². The lowest BCUT2D eigenvalue weighted by atomic mass is 10.1. The average Bonchev–Trinajstić information content (AvgIpc) is 3.30. The summed E-state index contributed by atoms with van der Waals surface area (Å²) in [5.41, 5.74) is 4.37. The molecule has 0 aliphatic carbocycles. The van der Waals surface area contributed by atoms with Crippen molar-refractivity contribution in [1.82, 2.24) is 20.0 Å². The maximum absolute atomic E-state index is 12.3. The first kappa shape index (κ1) is 19.4. The molecule has 2 aromatic carbocycles. The third-order valence-corrected chi connectivity index (χ3v) is 5.09. The van der Waals surface area contributed by atoms with Gasteiger partial charge in [-0.2, -0.15) is 5.10 Å². The molecule has 1 amide bonds. The Labute approximate surface area is 171 Å². The molecule has 1 aliphatic heterocycles. The summed E-state index contributed by atoms with van der Waals surface area (Å²) >= 11 is 0. The fourth-order valence-electron chi connectivity index (χ4n) is 3.42. The lowest BCUT2D eigenvalue weighted by molar-refractivity contribution is -0.120. The van der Waals surface area contributed by atoms with Crippen molar-refractivity contribution < 1.29 is 9.53 Å². The normalized spacial score (nSPS) is 14.6. The molecule has 6 nitrogen and oxygen atoms in total. The van der Waals surface area contributed by atoms with Crippen molar-refractivity contribution in [2.45, 2.75) is 19.5 Å². The summed E-state index contributed by atoms with van der Waals surface area (Å²) in [5, 5.41) is 7.22. The van der Waals surface area contributed by atoms with Gasteiger partial charge in [-0.25, -0.2) is 4.68 Å². The highest BCUT2D eigenvalue weighted by Crippen LogP contribution is 2.11. The molecule has 3 aromatic rings. The number of rotatable bonds is 7. The molecular weight excluding hydrogens is 364 g/mol. The number of ether oxygens (including phenoxy) is 1. The van der Waals surface area contributed by atoms with Crippen LogP contribution in [-0.2, 0) is 29.0 Å². The first-order chi connectivity index (χ1) is 14.3. The van der Waals surface area contributed by atoms with E-state index >= 15 is 0 Å². The summed E-state index contributed by atoms with van der Waals surface area (Å²) in [5.74, 6) is 0.0224. The minimum absolute atomic E-state index is 0.0224. The number of carbonyl (C=O) groups excluding carboxylic acids is 1. The van der Waals surface area contributed by atoms with Crippen molar-refractivity contribution in [3.63, 3.8) is 0 Å². The monoisotopic (exact) mass is 390 g/mol. The van der Waals surface area contributed by atoms with Crippen molar-refractivity contribution in [3.05, 3.63) is 83.7 Å². The number of nitrogens with one attached hydrogen (secondary N) is 1. The zero-order valence-electron chi connectivity index (χ0n) is 16.5. The van der Waals surface area contributed by atoms with Crippen LogP contribution in [-0.4, -0.2) is 46.9 Å². The summed E-state index contributed by atoms with van der Waals surface area (Å²) in [4.78, 5) is 14.7. The average molecular weight is 390 g/mol. The van der Waals surface area contributed by atoms with Crippen molar-refractivity contribution in [2.24, 2.45) is 0 Å². The van der Waals surface area contributed by atoms with Crippen LogP contribution < -0.4 is 5.32 Å². The van der Waals surface area contributed by atoms with E-state index < -0.39 is 0 Å². The predicted octanol–water partition coefficient (Wildman–Crippen LogP) is 2.56. The van der Waals surface area contributed by atoms with Crippen LogP contribution in [0.4, 0.5) is 0 Å². The van der Waals surface area contributed by atoms with Crippen LogP contribution in [0.25, 0.3) is 5.69 Å². The van der Waals surface area contributed by atoms with Gasteiger partial charge in [0.15, 0.2) is 0 Å². The van der Waals surface area contributed by atoms with Gasteiger partial charge in [-0.05, 0) is 34.9 Å². The molecule has 0 unspecified atom stereocenters. The molecule has 150 valence electrons. The van der Waals surface area contributed by atoms with Crippen LogP contribution >= 0.6 is 0 Å². The van der Waals surface area contributed by atoms with Crippen molar-refractivity contribution in [3.8, 4) is 5.69 Å². The molecule has 4 rings (SSSR count). The fraction of sp³-hybridized carbons (Fsp3) is 0.304. The molecule has 0 saturated carbocycles. The van der Waals surface area contributed by atoms with E-state index in [9.17, 15) is 4.79 Å². The molecule has 1 N–H and O–H groups in total. The number of benzene rings is 2. The summed E-state index contributed by atoms with van der Waals surface area (Å²) in [7, 11) is 0. The van der Waals surface area contributed by atoms with Gasteiger partial charge in [0.2, 0.25) is 5.91 Å². The van der Waals surface area contributed by atoms with Gasteiger partial charge >= 0.3 is 0 Å². The third kappa shape index (κ3) is 5.53. The zero-order chi connectivity index (χ0) is 19.9. The van der Waals surface area contributed by atoms with Gasteiger partial charge in [0, 0.05) is 38.6 Å². The van der Waals surface area contributed by atoms with Gasteiger partial charge in [0.1, 0.15) is 0 Å². The standard InChI is InChI=1S/C23H26N4O2/c28-23(16-19-6-8-22(9-7-19)27-11-1-10-25-27)24-17-20-2-4-21(5-3-20)18-26-12-14-29-15-13-26/h1-11H,12-18H2,(H,24,28). The van der Waals surface area contributed by atoms with Crippen LogP contribution in [0.2, 0.25) is 0 Å². The van der Waals surface area contributed by atoms with E-state index in [0.717, 1.165) is 49.7 Å². The topological polar surface area (TPSA) is 59.4 Å². The largest absolute Gasteiger partial charge is 0.379 e. The molecule has 1 saturated heterocycles. The van der Waals surface area contributed by atoms with Crippen molar-refractivity contribution >= 4 is 5.91 Å². The molecule has 1 aliphatic rings. The van der Waals surface area contributed by atoms with Crippen molar-refractivity contribution in [2.75, 3.05) is 26.3 Å². The lowest BCUT2D eigenvalue weighted by Gasteiger charge is -2.26. The number of nitrogens with zero attached hydrogens (tertiary/aromatic N) is 3. The Balaban J connectivity index is 1.24. The lowest BCUT2D eigenvalue weighted by Crippen LogP contribution is -2.35. The highest BCUT2D eigenvalue weighted by molar-refractivity contribution is 5.78. The molecule has 0 bridgehead atoms. The van der Waals surface area contributed by atoms with E-state index in [1.54, 1.807) is 10.9 Å². The van der Waals surface area contributed by atoms with Gasteiger partial charge in [-0.3, -0.25) is 9.69 Å². The maximum atomic E-state index is 12.3. The molecular formula is C23H26N4O2. The maximum Gasteiger partial charge on any atom is 0.224 e. The van der Waals surface area contributed by atoms with E-state index in [0.29, 0.717) is 13.0 Å². The Morgan fingerprint density at radius 3 is 2.34 bits per heavy atom. The Hall–Kier alpha value is -2.96. The Bertz CT molecular complexity index is 899. The Kier molecular flexibility index (Phi) is 6.34. The van der Waals surface area contributed by atoms with E-state index in [1.807, 2.05) is 36.5 Å². The van der Waals surface area contributed by atoms with Gasteiger partial charge in [-0.1, -0.05) is 36.4 Å². The van der Waals surface area contributed by atoms with Crippen LogP contribution in [0, 0.1) is 0 Å². The van der Waals surface area contributed by atoms with Crippen LogP contribution in [0.15, 0.2) is 67.0 Å². The number of aromatic nitrogens is 2. The van der Waals surface area contributed by atoms with Crippen LogP contribution in [0.3, 0.4) is 0 Å². The predicted molar refractivity (Wildman–Crippen MR) is 112 cm³/mol. The molecule has 1 fully saturated rings. The minimum atomic E-state index is 0.0224. The molecule has 0 radical (unpaired) electrons. The third-order valence-electron chi connectivity index (χ3n) is 5.09. The van der Waals surface area contributed by atoms with Gasteiger partial charge in [-0.15, -0.1) is 0 Å². The van der Waals surface area contributed by atoms with E-state index in [1.165, 1.54) is 5.56 Å². The number of morpholine rings is 1. The van der Waals surface area contributed by atoms with Crippen LogP contribution in [0.5, 0.6) is 0 Å². The second kappa shape index (κ2) is 9.49. The molecule has 0 spiro atoms. The summed E-state index contributed by atoms with van der Waals surface area (Å²) < 4.78 is 7.19. The Morgan fingerprint density at radius 1 is 0.966 bits per heavy atom. The van der Waals surface area contributed by atoms with E-state index in [-0.39, 0.29) is 5.91 Å². The van der Waals surface area contributed by atoms with Gasteiger partial charge in [0.05, 0.1) is 25.3 Å². The summed E-state index contributed by atoms with van der Waals surface area (Å²) in [6.07, 6.45) is 4.01. The van der Waals surface area contributed by atoms with Gasteiger partial charge in [0.25, 0.3) is 0 Å². The second-order valence-corrected chi connectivity index (χ2v) is 7.28. The molecule has 2 heterocycles. The molecule has 6 heteroatoms. The smallest absolute Gasteiger partial charge is 0.224 e. The zero-order valence-corrected chi connectivity index (χ0v) is 16.5.